The first-order valence-electron chi connectivity index (χ1n) is 5.99. The van der Waals surface area contributed by atoms with Gasteiger partial charge in [0.25, 0.3) is 0 Å². The number of nitrogens with zero attached hydrogens (tertiary/aromatic N) is 1. The molecule has 1 N–H and O–H groups in total. The summed E-state index contributed by atoms with van der Waals surface area (Å²) in [5.41, 5.74) is 1.84. The summed E-state index contributed by atoms with van der Waals surface area (Å²) < 4.78 is 0.884. The minimum atomic E-state index is -0.0769. The average molecular weight is 374 g/mol. The van der Waals surface area contributed by atoms with Gasteiger partial charge in [-0.2, -0.15) is 11.3 Å². The number of hydrogen-bond acceptors (Lipinski definition) is 3. The van der Waals surface area contributed by atoms with Gasteiger partial charge in [-0.05, 0) is 47.6 Å². The molecule has 0 saturated heterocycles. The molecule has 1 aromatic carbocycles. The number of carbonyl (C=O) groups is 1. The Kier molecular flexibility index (Phi) is 5.60. The van der Waals surface area contributed by atoms with Gasteiger partial charge < -0.3 is 5.32 Å². The number of halogens is 2. The Morgan fingerprint density at radius 2 is 2.25 bits per heavy atom. The molecule has 2 aromatic rings. The van der Waals surface area contributed by atoms with E-state index in [0.717, 1.165) is 11.0 Å². The van der Waals surface area contributed by atoms with Crippen LogP contribution in [0.25, 0.3) is 0 Å². The fourth-order valence-corrected chi connectivity index (χ4v) is 3.16. The van der Waals surface area contributed by atoms with Crippen LogP contribution in [0.4, 0.5) is 5.69 Å². The molecule has 0 spiro atoms. The van der Waals surface area contributed by atoms with Crippen LogP contribution in [0.5, 0.6) is 0 Å². The normalized spacial score (nSPS) is 10.8. The van der Waals surface area contributed by atoms with Crippen LogP contribution in [-0.2, 0) is 11.3 Å². The third-order valence-corrected chi connectivity index (χ3v) is 4.19. The van der Waals surface area contributed by atoms with E-state index in [1.165, 1.54) is 5.56 Å². The predicted molar refractivity (Wildman–Crippen MR) is 88.4 cm³/mol. The SMILES string of the molecule is CN(CC(=O)Nc1ccc(Br)cc1Cl)Cc1ccsc1. The molecule has 20 heavy (non-hydrogen) atoms. The number of benzene rings is 1. The van der Waals surface area contributed by atoms with Gasteiger partial charge in [0, 0.05) is 11.0 Å². The highest BCUT2D eigenvalue weighted by molar-refractivity contribution is 9.10. The Bertz CT molecular complexity index is 589. The highest BCUT2D eigenvalue weighted by Gasteiger charge is 2.09. The number of thiophene rings is 1. The van der Waals surface area contributed by atoms with Crippen LogP contribution >= 0.6 is 38.9 Å². The molecule has 1 aromatic heterocycles. The van der Waals surface area contributed by atoms with Crippen molar-refractivity contribution in [3.8, 4) is 0 Å². The molecule has 0 fully saturated rings. The van der Waals surface area contributed by atoms with Gasteiger partial charge in [0.05, 0.1) is 17.3 Å². The van der Waals surface area contributed by atoms with Crippen LogP contribution in [0, 0.1) is 0 Å². The highest BCUT2D eigenvalue weighted by Crippen LogP contribution is 2.25. The van der Waals surface area contributed by atoms with Gasteiger partial charge in [0.2, 0.25) is 5.91 Å². The van der Waals surface area contributed by atoms with Crippen LogP contribution in [-0.4, -0.2) is 24.4 Å². The molecule has 6 heteroatoms. The summed E-state index contributed by atoms with van der Waals surface area (Å²) in [5.74, 6) is -0.0769. The maximum absolute atomic E-state index is 12.0. The Hall–Kier alpha value is -0.880. The van der Waals surface area contributed by atoms with Crippen molar-refractivity contribution in [2.75, 3.05) is 18.9 Å². The Morgan fingerprint density at radius 3 is 2.90 bits per heavy atom. The van der Waals surface area contributed by atoms with Crippen molar-refractivity contribution in [1.82, 2.24) is 4.90 Å². The second-order valence-electron chi connectivity index (χ2n) is 4.48. The number of hydrogen-bond donors (Lipinski definition) is 1. The van der Waals surface area contributed by atoms with E-state index in [1.807, 2.05) is 23.4 Å². The summed E-state index contributed by atoms with van der Waals surface area (Å²) in [4.78, 5) is 13.9. The maximum Gasteiger partial charge on any atom is 0.238 e. The Balaban J connectivity index is 1.88. The quantitative estimate of drug-likeness (QED) is 0.850. The van der Waals surface area contributed by atoms with Crippen molar-refractivity contribution in [3.63, 3.8) is 0 Å². The molecule has 2 rings (SSSR count). The fraction of sp³-hybridized carbons (Fsp3) is 0.214. The van der Waals surface area contributed by atoms with Gasteiger partial charge in [-0.15, -0.1) is 0 Å². The molecule has 0 saturated carbocycles. The highest BCUT2D eigenvalue weighted by atomic mass is 79.9. The first-order chi connectivity index (χ1) is 9.54. The van der Waals surface area contributed by atoms with Crippen LogP contribution < -0.4 is 5.32 Å². The smallest absolute Gasteiger partial charge is 0.238 e. The van der Waals surface area contributed by atoms with Crippen LogP contribution in [0.2, 0.25) is 5.02 Å². The van der Waals surface area contributed by atoms with Gasteiger partial charge in [0.15, 0.2) is 0 Å². The number of anilines is 1. The molecular formula is C14H14BrClN2OS. The molecule has 3 nitrogen and oxygen atoms in total. The molecule has 0 atom stereocenters. The summed E-state index contributed by atoms with van der Waals surface area (Å²) in [7, 11) is 1.92. The van der Waals surface area contributed by atoms with Gasteiger partial charge in [-0.25, -0.2) is 0 Å². The Labute approximate surface area is 135 Å². The lowest BCUT2D eigenvalue weighted by Gasteiger charge is -2.16. The standard InChI is InChI=1S/C14H14BrClN2OS/c1-18(7-10-4-5-20-9-10)8-14(19)17-13-3-2-11(15)6-12(13)16/h2-6,9H,7-8H2,1H3,(H,17,19). The summed E-state index contributed by atoms with van der Waals surface area (Å²) >= 11 is 11.1. The van der Waals surface area contributed by atoms with E-state index in [-0.39, 0.29) is 5.91 Å². The van der Waals surface area contributed by atoms with Crippen molar-refractivity contribution in [3.05, 3.63) is 50.1 Å². The van der Waals surface area contributed by atoms with Crippen LogP contribution in [0.15, 0.2) is 39.5 Å². The molecule has 106 valence electrons. The summed E-state index contributed by atoms with van der Waals surface area (Å²) in [6.45, 7) is 1.08. The summed E-state index contributed by atoms with van der Waals surface area (Å²) in [6.07, 6.45) is 0. The van der Waals surface area contributed by atoms with Gasteiger partial charge >= 0.3 is 0 Å². The molecule has 0 aliphatic heterocycles. The lowest BCUT2D eigenvalue weighted by Crippen LogP contribution is -2.29. The van der Waals surface area contributed by atoms with E-state index in [0.29, 0.717) is 17.3 Å². The average Bonchev–Trinajstić information content (AvgIpc) is 2.85. The topological polar surface area (TPSA) is 32.3 Å². The van der Waals surface area contributed by atoms with E-state index in [9.17, 15) is 4.79 Å². The number of nitrogens with one attached hydrogen (secondary N) is 1. The van der Waals surface area contributed by atoms with Crippen molar-refractivity contribution in [2.24, 2.45) is 0 Å². The molecular weight excluding hydrogens is 360 g/mol. The number of likely N-dealkylation sites (N-methyl/N-ethyl adjacent to an activating group) is 1. The second-order valence-corrected chi connectivity index (χ2v) is 6.58. The number of carbonyl (C=O) groups excluding carboxylic acids is 1. The van der Waals surface area contributed by atoms with E-state index in [4.69, 9.17) is 11.6 Å². The van der Waals surface area contributed by atoms with Gasteiger partial charge in [0.1, 0.15) is 0 Å². The van der Waals surface area contributed by atoms with E-state index >= 15 is 0 Å². The largest absolute Gasteiger partial charge is 0.324 e. The molecule has 1 amide bonds. The zero-order valence-corrected chi connectivity index (χ0v) is 14.1. The van der Waals surface area contributed by atoms with E-state index in [2.05, 4.69) is 32.7 Å². The Morgan fingerprint density at radius 1 is 1.45 bits per heavy atom. The molecule has 0 bridgehead atoms. The maximum atomic E-state index is 12.0. The minimum Gasteiger partial charge on any atom is -0.324 e. The minimum absolute atomic E-state index is 0.0769. The zero-order chi connectivity index (χ0) is 14.5. The van der Waals surface area contributed by atoms with Crippen molar-refractivity contribution in [2.45, 2.75) is 6.54 Å². The van der Waals surface area contributed by atoms with Crippen LogP contribution in [0.3, 0.4) is 0 Å². The second kappa shape index (κ2) is 7.22. The van der Waals surface area contributed by atoms with Crippen molar-refractivity contribution >= 4 is 50.5 Å². The lowest BCUT2D eigenvalue weighted by molar-refractivity contribution is -0.117. The number of rotatable bonds is 5. The van der Waals surface area contributed by atoms with E-state index < -0.39 is 0 Å². The predicted octanol–water partition coefficient (Wildman–Crippen LogP) is 4.23. The molecule has 0 aliphatic rings. The number of amides is 1. The zero-order valence-electron chi connectivity index (χ0n) is 10.9. The van der Waals surface area contributed by atoms with Crippen LogP contribution in [0.1, 0.15) is 5.56 Å². The lowest BCUT2D eigenvalue weighted by atomic mass is 10.3. The van der Waals surface area contributed by atoms with Gasteiger partial charge in [-0.1, -0.05) is 27.5 Å². The van der Waals surface area contributed by atoms with Gasteiger partial charge in [-0.3, -0.25) is 9.69 Å². The molecule has 1 heterocycles. The summed E-state index contributed by atoms with van der Waals surface area (Å²) in [5, 5.41) is 7.45. The molecule has 0 unspecified atom stereocenters. The molecule has 0 aliphatic carbocycles. The molecule has 0 radical (unpaired) electrons. The summed E-state index contributed by atoms with van der Waals surface area (Å²) in [6, 6.07) is 7.44. The van der Waals surface area contributed by atoms with E-state index in [1.54, 1.807) is 23.5 Å². The van der Waals surface area contributed by atoms with Crippen molar-refractivity contribution < 1.29 is 4.79 Å². The third-order valence-electron chi connectivity index (χ3n) is 2.65. The first kappa shape index (κ1) is 15.5. The first-order valence-corrected chi connectivity index (χ1v) is 8.10. The third kappa shape index (κ3) is 4.59. The fourth-order valence-electron chi connectivity index (χ4n) is 1.78. The van der Waals surface area contributed by atoms with Crippen molar-refractivity contribution in [1.29, 1.82) is 0 Å². The monoisotopic (exact) mass is 372 g/mol.